The highest BCUT2D eigenvalue weighted by molar-refractivity contribution is 7.92. The molecule has 7 nitrogen and oxygen atoms in total. The lowest BCUT2D eigenvalue weighted by Gasteiger charge is -2.10. The third-order valence-corrected chi connectivity index (χ3v) is 6.11. The standard InChI is InChI=1S/C21H21ClN4O3S/c1-14-20(15(2)26(3)24-14)11-12-21(27)23-18-5-4-6-19(13-18)30(28,29)25-17-9-7-16(22)8-10-17/h4-13,25H,1-3H3,(H,23,27)/b12-11+. The zero-order valence-electron chi connectivity index (χ0n) is 16.7. The molecule has 0 radical (unpaired) electrons. The van der Waals surface area contributed by atoms with Crippen LogP contribution in [0.1, 0.15) is 17.0 Å². The highest BCUT2D eigenvalue weighted by Crippen LogP contribution is 2.21. The predicted molar refractivity (Wildman–Crippen MR) is 119 cm³/mol. The van der Waals surface area contributed by atoms with E-state index in [9.17, 15) is 13.2 Å². The molecule has 0 fully saturated rings. The summed E-state index contributed by atoms with van der Waals surface area (Å²) >= 11 is 5.82. The number of rotatable bonds is 6. The smallest absolute Gasteiger partial charge is 0.261 e. The van der Waals surface area contributed by atoms with Crippen LogP contribution in [0.15, 0.2) is 59.5 Å². The number of carbonyl (C=O) groups excluding carboxylic acids is 1. The normalized spacial score (nSPS) is 11.6. The fourth-order valence-corrected chi connectivity index (χ4v) is 4.08. The SMILES string of the molecule is Cc1nn(C)c(C)c1/C=C/C(=O)Nc1cccc(S(=O)(=O)Nc2ccc(Cl)cc2)c1. The van der Waals surface area contributed by atoms with Crippen LogP contribution in [0.4, 0.5) is 11.4 Å². The summed E-state index contributed by atoms with van der Waals surface area (Å²) in [4.78, 5) is 12.3. The van der Waals surface area contributed by atoms with Gasteiger partial charge in [-0.2, -0.15) is 5.10 Å². The Morgan fingerprint density at radius 3 is 2.43 bits per heavy atom. The molecule has 0 aliphatic heterocycles. The summed E-state index contributed by atoms with van der Waals surface area (Å²) in [5.74, 6) is -0.377. The van der Waals surface area contributed by atoms with Crippen molar-refractivity contribution in [2.45, 2.75) is 18.7 Å². The van der Waals surface area contributed by atoms with Gasteiger partial charge in [0.25, 0.3) is 10.0 Å². The average molecular weight is 445 g/mol. The van der Waals surface area contributed by atoms with E-state index in [-0.39, 0.29) is 10.8 Å². The van der Waals surface area contributed by atoms with E-state index in [1.54, 1.807) is 47.2 Å². The molecule has 1 heterocycles. The Morgan fingerprint density at radius 2 is 1.80 bits per heavy atom. The predicted octanol–water partition coefficient (Wildman–Crippen LogP) is 4.14. The third-order valence-electron chi connectivity index (χ3n) is 4.47. The maximum absolute atomic E-state index is 12.6. The first kappa shape index (κ1) is 21.6. The maximum Gasteiger partial charge on any atom is 0.261 e. The fraction of sp³-hybridized carbons (Fsp3) is 0.143. The van der Waals surface area contributed by atoms with Crippen LogP contribution in [0.3, 0.4) is 0 Å². The first-order chi connectivity index (χ1) is 14.2. The molecule has 0 atom stereocenters. The minimum Gasteiger partial charge on any atom is -0.322 e. The van der Waals surface area contributed by atoms with Crippen molar-refractivity contribution in [3.8, 4) is 0 Å². The molecule has 2 N–H and O–H groups in total. The van der Waals surface area contributed by atoms with Gasteiger partial charge in [-0.3, -0.25) is 14.2 Å². The van der Waals surface area contributed by atoms with Crippen molar-refractivity contribution >= 4 is 45.0 Å². The molecule has 3 rings (SSSR count). The number of anilines is 2. The summed E-state index contributed by atoms with van der Waals surface area (Å²) in [6, 6.07) is 12.3. The van der Waals surface area contributed by atoms with Crippen LogP contribution in [0.25, 0.3) is 6.08 Å². The molecule has 1 amide bonds. The maximum atomic E-state index is 12.6. The molecule has 0 saturated carbocycles. The Hall–Kier alpha value is -3.10. The van der Waals surface area contributed by atoms with Crippen LogP contribution >= 0.6 is 11.6 Å². The molecular weight excluding hydrogens is 424 g/mol. The fourth-order valence-electron chi connectivity index (χ4n) is 2.85. The molecule has 156 valence electrons. The van der Waals surface area contributed by atoms with E-state index in [1.807, 2.05) is 20.9 Å². The zero-order chi connectivity index (χ0) is 21.9. The van der Waals surface area contributed by atoms with Gasteiger partial charge in [-0.1, -0.05) is 17.7 Å². The van der Waals surface area contributed by atoms with E-state index in [2.05, 4.69) is 15.1 Å². The van der Waals surface area contributed by atoms with E-state index in [0.29, 0.717) is 16.4 Å². The minimum absolute atomic E-state index is 0.0261. The topological polar surface area (TPSA) is 93.1 Å². The van der Waals surface area contributed by atoms with Crippen molar-refractivity contribution in [1.29, 1.82) is 0 Å². The largest absolute Gasteiger partial charge is 0.322 e. The van der Waals surface area contributed by atoms with Gasteiger partial charge in [-0.25, -0.2) is 8.42 Å². The second kappa shape index (κ2) is 8.73. The lowest BCUT2D eigenvalue weighted by Crippen LogP contribution is -2.14. The Kier molecular flexibility index (Phi) is 6.28. The number of sulfonamides is 1. The third kappa shape index (κ3) is 5.08. The summed E-state index contributed by atoms with van der Waals surface area (Å²) in [5.41, 5.74) is 3.39. The van der Waals surface area contributed by atoms with E-state index in [4.69, 9.17) is 11.6 Å². The van der Waals surface area contributed by atoms with Crippen LogP contribution in [0.5, 0.6) is 0 Å². The van der Waals surface area contributed by atoms with Crippen LogP contribution < -0.4 is 10.0 Å². The number of nitrogens with one attached hydrogen (secondary N) is 2. The van der Waals surface area contributed by atoms with Gasteiger partial charge in [0.1, 0.15) is 0 Å². The van der Waals surface area contributed by atoms with Gasteiger partial charge in [0.15, 0.2) is 0 Å². The molecule has 0 bridgehead atoms. The van der Waals surface area contributed by atoms with Gasteiger partial charge in [0, 0.05) is 40.8 Å². The molecule has 3 aromatic rings. The minimum atomic E-state index is -3.82. The summed E-state index contributed by atoms with van der Waals surface area (Å²) in [6.07, 6.45) is 3.08. The monoisotopic (exact) mass is 444 g/mol. The number of benzene rings is 2. The lowest BCUT2D eigenvalue weighted by molar-refractivity contribution is -0.111. The molecule has 30 heavy (non-hydrogen) atoms. The Bertz CT molecular complexity index is 1220. The van der Waals surface area contributed by atoms with Gasteiger partial charge in [-0.15, -0.1) is 0 Å². The van der Waals surface area contributed by atoms with Gasteiger partial charge < -0.3 is 5.32 Å². The quantitative estimate of drug-likeness (QED) is 0.558. The molecule has 0 unspecified atom stereocenters. The molecule has 0 spiro atoms. The second-order valence-corrected chi connectivity index (χ2v) is 8.79. The van der Waals surface area contributed by atoms with Gasteiger partial charge >= 0.3 is 0 Å². The van der Waals surface area contributed by atoms with Crippen molar-refractivity contribution in [2.75, 3.05) is 10.0 Å². The van der Waals surface area contributed by atoms with E-state index < -0.39 is 10.0 Å². The van der Waals surface area contributed by atoms with Crippen LogP contribution in [-0.2, 0) is 21.9 Å². The first-order valence-corrected chi connectivity index (χ1v) is 10.9. The number of hydrogen-bond acceptors (Lipinski definition) is 4. The van der Waals surface area contributed by atoms with Crippen LogP contribution in [-0.4, -0.2) is 24.1 Å². The number of carbonyl (C=O) groups is 1. The second-order valence-electron chi connectivity index (χ2n) is 6.67. The van der Waals surface area contributed by atoms with E-state index >= 15 is 0 Å². The Balaban J connectivity index is 1.74. The van der Waals surface area contributed by atoms with Crippen LogP contribution in [0.2, 0.25) is 5.02 Å². The average Bonchev–Trinajstić information content (AvgIpc) is 2.93. The summed E-state index contributed by atoms with van der Waals surface area (Å²) in [6.45, 7) is 3.78. The molecule has 1 aromatic heterocycles. The summed E-state index contributed by atoms with van der Waals surface area (Å²) in [7, 11) is -1.98. The number of hydrogen-bond donors (Lipinski definition) is 2. The summed E-state index contributed by atoms with van der Waals surface area (Å²) in [5, 5.41) is 7.49. The number of amides is 1. The highest BCUT2D eigenvalue weighted by atomic mass is 35.5. The number of halogens is 1. The Morgan fingerprint density at radius 1 is 1.10 bits per heavy atom. The number of nitrogens with zero attached hydrogens (tertiary/aromatic N) is 2. The van der Waals surface area contributed by atoms with Crippen molar-refractivity contribution < 1.29 is 13.2 Å². The zero-order valence-corrected chi connectivity index (χ0v) is 18.3. The molecule has 9 heteroatoms. The molecular formula is C21H21ClN4O3S. The van der Waals surface area contributed by atoms with Gasteiger partial charge in [0.2, 0.25) is 5.91 Å². The number of aryl methyl sites for hydroxylation is 2. The number of aromatic nitrogens is 2. The van der Waals surface area contributed by atoms with E-state index in [0.717, 1.165) is 17.0 Å². The first-order valence-electron chi connectivity index (χ1n) is 9.03. The molecule has 0 aliphatic carbocycles. The molecule has 2 aromatic carbocycles. The van der Waals surface area contributed by atoms with Crippen molar-refractivity contribution in [1.82, 2.24) is 9.78 Å². The van der Waals surface area contributed by atoms with Crippen LogP contribution in [0, 0.1) is 13.8 Å². The van der Waals surface area contributed by atoms with Gasteiger partial charge in [0.05, 0.1) is 10.6 Å². The molecule has 0 aliphatic rings. The highest BCUT2D eigenvalue weighted by Gasteiger charge is 2.15. The van der Waals surface area contributed by atoms with E-state index in [1.165, 1.54) is 18.2 Å². The van der Waals surface area contributed by atoms with Crippen molar-refractivity contribution in [3.05, 3.63) is 76.6 Å². The van der Waals surface area contributed by atoms with Gasteiger partial charge in [-0.05, 0) is 62.4 Å². The molecule has 0 saturated heterocycles. The van der Waals surface area contributed by atoms with Crippen molar-refractivity contribution in [2.24, 2.45) is 7.05 Å². The lowest BCUT2D eigenvalue weighted by atomic mass is 10.2. The van der Waals surface area contributed by atoms with Crippen molar-refractivity contribution in [3.63, 3.8) is 0 Å². The Labute approximate surface area is 180 Å². The summed E-state index contributed by atoms with van der Waals surface area (Å²) < 4.78 is 29.5.